The molecule has 1 atom stereocenters. The van der Waals surface area contributed by atoms with Gasteiger partial charge >= 0.3 is 13.1 Å². The minimum absolute atomic E-state index is 0.125. The zero-order valence-electron chi connectivity index (χ0n) is 35.4. The third-order valence-electron chi connectivity index (χ3n) is 12.2. The van der Waals surface area contributed by atoms with Crippen molar-refractivity contribution in [2.45, 2.75) is 39.6 Å². The van der Waals surface area contributed by atoms with Gasteiger partial charge in [0.1, 0.15) is 32.1 Å². The van der Waals surface area contributed by atoms with E-state index in [1.165, 1.54) is 91.2 Å². The molecule has 2 heterocycles. The van der Waals surface area contributed by atoms with Gasteiger partial charge in [-0.15, -0.1) is 17.4 Å². The summed E-state index contributed by atoms with van der Waals surface area (Å²) in [6, 6.07) is 18.7. The molecule has 6 aromatic rings. The van der Waals surface area contributed by atoms with Gasteiger partial charge in [-0.2, -0.15) is 0 Å². The largest absolute Gasteiger partial charge is 0.419 e. The monoisotopic (exact) mass is 964 g/mol. The van der Waals surface area contributed by atoms with E-state index in [1.54, 1.807) is 12.1 Å². The van der Waals surface area contributed by atoms with E-state index < -0.39 is 149 Å². The van der Waals surface area contributed by atoms with Crippen LogP contribution in [0.25, 0.3) is 5.57 Å². The molecule has 1 aliphatic rings. The van der Waals surface area contributed by atoms with Gasteiger partial charge in [-0.1, -0.05) is 91.3 Å². The molecule has 0 unspecified atom stereocenters. The number of allylic oxidation sites excluding steroid dienone is 2. The lowest BCUT2D eigenvalue weighted by atomic mass is 9.26. The first-order valence-electron chi connectivity index (χ1n) is 20.0. The fraction of sp³-hybridized carbons (Fsp3) is 0.133. The van der Waals surface area contributed by atoms with Crippen molar-refractivity contribution < 1.29 is 70.3 Å². The van der Waals surface area contributed by atoms with Crippen molar-refractivity contribution in [1.29, 1.82) is 0 Å². The Hall–Kier alpha value is -5.96. The van der Waals surface area contributed by atoms with Crippen LogP contribution in [0.15, 0.2) is 107 Å². The van der Waals surface area contributed by atoms with Gasteiger partial charge in [0.25, 0.3) is 0 Å². The second-order valence-corrected chi connectivity index (χ2v) is 26.7. The number of hydrogen-bond acceptors (Lipinski definition) is 1. The molecule has 0 fully saturated rings. The summed E-state index contributed by atoms with van der Waals surface area (Å²) in [6.07, 6.45) is -2.29. The van der Waals surface area contributed by atoms with Crippen LogP contribution in [0.5, 0.6) is 0 Å². The number of pyridine rings is 1. The van der Waals surface area contributed by atoms with Crippen LogP contribution in [0.1, 0.15) is 5.56 Å². The van der Waals surface area contributed by atoms with Crippen LogP contribution >= 0.6 is 0 Å². The maximum Gasteiger partial charge on any atom is 0.335 e. The highest BCUT2D eigenvalue weighted by Gasteiger charge is 2.59. The average Bonchev–Trinajstić information content (AvgIpc) is 3.66. The number of anilines is 2. The second-order valence-electron chi connectivity index (χ2n) is 17.4. The van der Waals surface area contributed by atoms with Gasteiger partial charge in [-0.05, 0) is 36.4 Å². The first-order chi connectivity index (χ1) is 30.8. The van der Waals surface area contributed by atoms with Crippen LogP contribution in [0.4, 0.5) is 77.2 Å². The molecule has 7 rings (SSSR count). The molecule has 21 heteroatoms. The Bertz CT molecular complexity index is 2900. The molecular formula is C45H33B2F15N2Si2. The van der Waals surface area contributed by atoms with Crippen molar-refractivity contribution in [2.75, 3.05) is 4.81 Å². The molecule has 5 aromatic carbocycles. The van der Waals surface area contributed by atoms with E-state index in [9.17, 15) is 8.78 Å². The summed E-state index contributed by atoms with van der Waals surface area (Å²) in [5, 5.41) is -2.45. The molecule has 0 radical (unpaired) electrons. The highest BCUT2D eigenvalue weighted by atomic mass is 28.3. The zero-order valence-corrected chi connectivity index (χ0v) is 37.4. The second kappa shape index (κ2) is 17.0. The van der Waals surface area contributed by atoms with Crippen molar-refractivity contribution in [3.8, 4) is 0 Å². The van der Waals surface area contributed by atoms with Crippen molar-refractivity contribution in [3.05, 3.63) is 200 Å². The van der Waals surface area contributed by atoms with Crippen LogP contribution < -0.4 is 19.9 Å². The number of hydrogen-bond donors (Lipinski definition) is 0. The normalized spacial score (nSPS) is 14.4. The van der Waals surface area contributed by atoms with Crippen molar-refractivity contribution in [2.24, 2.45) is 0 Å². The Kier molecular flexibility index (Phi) is 12.4. The fourth-order valence-corrected chi connectivity index (χ4v) is 15.2. The Morgan fingerprint density at radius 2 is 0.788 bits per heavy atom. The highest BCUT2D eigenvalue weighted by Crippen LogP contribution is 2.53. The molecule has 0 saturated heterocycles. The van der Waals surface area contributed by atoms with Crippen LogP contribution in [-0.2, 0) is 0 Å². The molecule has 0 amide bonds. The standard InChI is InChI=1S/C45H33B2F15N2Si2/c1-47(63-20-14-9-15-21-63,27-30(50)34(54)37(57)35(55)31(27)51)26-24(25-28(48)32(52)36(56)33(53)29(25)49)44(65(2,3)4)46(64(22-16-10-7-11-17-22)23-18-12-8-13-19-23)45(26)66(5,6)43-41(61)39(59)38(58)40(60)42(43)62/h7-21H,1-6H3/t47-/m0/s1. The summed E-state index contributed by atoms with van der Waals surface area (Å²) in [6.45, 7) is 5.47. The first-order valence-corrected chi connectivity index (χ1v) is 26.5. The van der Waals surface area contributed by atoms with E-state index in [0.29, 0.717) is 0 Å². The third kappa shape index (κ3) is 7.19. The van der Waals surface area contributed by atoms with Crippen molar-refractivity contribution in [1.82, 2.24) is 0 Å². The smallest absolute Gasteiger partial charge is 0.335 e. The molecule has 342 valence electrons. The van der Waals surface area contributed by atoms with E-state index in [0.717, 1.165) is 36.8 Å². The van der Waals surface area contributed by atoms with E-state index in [2.05, 4.69) is 0 Å². The summed E-state index contributed by atoms with van der Waals surface area (Å²) in [5.74, 6) is -37.9. The maximum absolute atomic E-state index is 17.0. The Morgan fingerprint density at radius 1 is 0.439 bits per heavy atom. The van der Waals surface area contributed by atoms with E-state index in [1.807, 2.05) is 0 Å². The Balaban J connectivity index is 1.92. The molecule has 2 nitrogen and oxygen atoms in total. The topological polar surface area (TPSA) is 7.12 Å². The van der Waals surface area contributed by atoms with Crippen LogP contribution in [0, 0.1) is 87.3 Å². The van der Waals surface area contributed by atoms with Gasteiger partial charge in [0.05, 0.1) is 13.6 Å². The summed E-state index contributed by atoms with van der Waals surface area (Å²) < 4.78 is 241. The molecular weight excluding hydrogens is 931 g/mol. The van der Waals surface area contributed by atoms with Gasteiger partial charge in [0.15, 0.2) is 64.0 Å². The number of rotatable bonds is 10. The van der Waals surface area contributed by atoms with E-state index >= 15 is 57.1 Å². The minimum Gasteiger partial charge on any atom is -0.419 e. The molecule has 66 heavy (non-hydrogen) atoms. The lowest BCUT2D eigenvalue weighted by molar-refractivity contribution is -0.542. The zero-order chi connectivity index (χ0) is 48.7. The molecule has 0 N–H and O–H groups in total. The molecule has 0 spiro atoms. The molecule has 0 aliphatic carbocycles. The average molecular weight is 965 g/mol. The summed E-state index contributed by atoms with van der Waals surface area (Å²) >= 11 is 0. The van der Waals surface area contributed by atoms with Crippen molar-refractivity contribution in [3.63, 3.8) is 0 Å². The molecule has 0 saturated carbocycles. The van der Waals surface area contributed by atoms with Crippen molar-refractivity contribution >= 4 is 56.9 Å². The molecule has 1 aromatic heterocycles. The Morgan fingerprint density at radius 3 is 1.18 bits per heavy atom. The fourth-order valence-electron chi connectivity index (χ4n) is 9.33. The summed E-state index contributed by atoms with van der Waals surface area (Å²) in [4.78, 5) is 1.38. The van der Waals surface area contributed by atoms with Gasteiger partial charge in [-0.3, -0.25) is 0 Å². The number of benzene rings is 5. The van der Waals surface area contributed by atoms with Gasteiger partial charge in [0.2, 0.25) is 11.6 Å². The lowest BCUT2D eigenvalue weighted by Gasteiger charge is -2.43. The minimum atomic E-state index is -5.18. The lowest BCUT2D eigenvalue weighted by Crippen LogP contribution is -2.74. The van der Waals surface area contributed by atoms with Gasteiger partial charge < -0.3 is 9.29 Å². The number of nitrogens with zero attached hydrogens (tertiary/aromatic N) is 2. The predicted octanol–water partition coefficient (Wildman–Crippen LogP) is 11.6. The summed E-state index contributed by atoms with van der Waals surface area (Å²) in [5.41, 5.74) is -5.28. The van der Waals surface area contributed by atoms with Gasteiger partial charge in [0, 0.05) is 16.6 Å². The summed E-state index contributed by atoms with van der Waals surface area (Å²) in [7, 11) is -8.94. The Labute approximate surface area is 370 Å². The predicted molar refractivity (Wildman–Crippen MR) is 227 cm³/mol. The van der Waals surface area contributed by atoms with Crippen LogP contribution in [0.2, 0.25) is 39.6 Å². The third-order valence-corrected chi connectivity index (χ3v) is 17.9. The number of halogens is 15. The number of para-hydroxylation sites is 2. The maximum atomic E-state index is 17.0. The molecule has 1 aliphatic heterocycles. The molecule has 0 bridgehead atoms. The highest BCUT2D eigenvalue weighted by molar-refractivity contribution is 7.18. The van der Waals surface area contributed by atoms with Crippen LogP contribution in [0.3, 0.4) is 0 Å². The van der Waals surface area contributed by atoms with E-state index in [4.69, 9.17) is 0 Å². The number of aromatic nitrogens is 1. The first kappa shape index (κ1) is 48.0. The SMILES string of the molecule is C[B@-](C1=C([Si](C)(C)c2c(F)c(F)c(F)c(F)c2F)B(N(c2ccccc2)c2ccccc2)C([Si](C)(C)C)=C1c1c(F)c(F)c(F)c(F)c1F)(c1c(F)c(F)c(F)c(F)c1F)[n+]1ccccc1. The van der Waals surface area contributed by atoms with E-state index in [-0.39, 0.29) is 16.5 Å². The van der Waals surface area contributed by atoms with Gasteiger partial charge in [-0.25, -0.2) is 65.9 Å². The van der Waals surface area contributed by atoms with Crippen LogP contribution in [-0.4, -0.2) is 29.3 Å². The quantitative estimate of drug-likeness (QED) is 0.0574.